The number of amides is 1. The van der Waals surface area contributed by atoms with Gasteiger partial charge in [0.15, 0.2) is 0 Å². The van der Waals surface area contributed by atoms with Gasteiger partial charge in [-0.3, -0.25) is 4.79 Å². The largest absolute Gasteiger partial charge is 0.491 e. The quantitative estimate of drug-likeness (QED) is 0.424. The maximum absolute atomic E-state index is 13.9. The van der Waals surface area contributed by atoms with Crippen LogP contribution in [0.15, 0.2) is 36.4 Å². The van der Waals surface area contributed by atoms with Gasteiger partial charge in [0.1, 0.15) is 18.2 Å². The maximum atomic E-state index is 13.9. The fourth-order valence-electron chi connectivity index (χ4n) is 8.53. The van der Waals surface area contributed by atoms with E-state index in [1.165, 1.54) is 32.1 Å². The van der Waals surface area contributed by atoms with Gasteiger partial charge in [-0.1, -0.05) is 19.1 Å². The number of nitrogens with zero attached hydrogens (tertiary/aromatic N) is 2. The number of fused-ring (bicyclic) bond motifs is 2. The molecule has 8 rings (SSSR count). The molecule has 37 heavy (non-hydrogen) atoms. The number of imidazole rings is 1. The predicted molar refractivity (Wildman–Crippen MR) is 146 cm³/mol. The second-order valence-electron chi connectivity index (χ2n) is 12.4. The van der Waals surface area contributed by atoms with E-state index < -0.39 is 0 Å². The zero-order valence-electron chi connectivity index (χ0n) is 22.2. The van der Waals surface area contributed by atoms with Gasteiger partial charge in [0.25, 0.3) is 0 Å². The Morgan fingerprint density at radius 2 is 1.78 bits per heavy atom. The van der Waals surface area contributed by atoms with Gasteiger partial charge in [0.05, 0.1) is 17.6 Å². The van der Waals surface area contributed by atoms with Gasteiger partial charge in [0, 0.05) is 18.0 Å². The van der Waals surface area contributed by atoms with Crippen molar-refractivity contribution in [3.63, 3.8) is 0 Å². The van der Waals surface area contributed by atoms with Gasteiger partial charge in [0.2, 0.25) is 5.91 Å². The Kier molecular flexibility index (Phi) is 5.78. The van der Waals surface area contributed by atoms with Crippen LogP contribution < -0.4 is 4.74 Å². The van der Waals surface area contributed by atoms with E-state index in [0.29, 0.717) is 25.6 Å². The topological polar surface area (TPSA) is 58.2 Å². The lowest BCUT2D eigenvalue weighted by molar-refractivity contribution is -0.138. The molecule has 5 aliphatic rings. The van der Waals surface area contributed by atoms with Crippen LogP contribution in [0.1, 0.15) is 63.3 Å². The summed E-state index contributed by atoms with van der Waals surface area (Å²) >= 11 is 0. The van der Waals surface area contributed by atoms with E-state index in [1.54, 1.807) is 0 Å². The molecule has 1 atom stereocenters. The smallest absolute Gasteiger partial charge is 0.226 e. The van der Waals surface area contributed by atoms with E-state index in [9.17, 15) is 4.79 Å². The highest BCUT2D eigenvalue weighted by atomic mass is 16.5. The van der Waals surface area contributed by atoms with Crippen LogP contribution in [0.2, 0.25) is 0 Å². The molecule has 5 heteroatoms. The number of carbonyl (C=O) groups is 1. The first-order valence-corrected chi connectivity index (χ1v) is 14.5. The van der Waals surface area contributed by atoms with Gasteiger partial charge in [-0.2, -0.15) is 0 Å². The highest BCUT2D eigenvalue weighted by Gasteiger charge is 2.48. The zero-order valence-corrected chi connectivity index (χ0v) is 22.2. The summed E-state index contributed by atoms with van der Waals surface area (Å²) in [5.74, 6) is 6.81. The Hall–Kier alpha value is -2.82. The molecular formula is C32H39N3O2. The van der Waals surface area contributed by atoms with Crippen LogP contribution >= 0.6 is 0 Å². The van der Waals surface area contributed by atoms with Crippen LogP contribution in [0.3, 0.4) is 0 Å². The first-order valence-electron chi connectivity index (χ1n) is 14.5. The summed E-state index contributed by atoms with van der Waals surface area (Å²) in [4.78, 5) is 23.9. The minimum absolute atomic E-state index is 0.137. The van der Waals surface area contributed by atoms with Crippen molar-refractivity contribution in [1.29, 1.82) is 0 Å². The second-order valence-corrected chi connectivity index (χ2v) is 12.4. The molecule has 1 N–H and O–H groups in total. The summed E-state index contributed by atoms with van der Waals surface area (Å²) in [7, 11) is 0. The average Bonchev–Trinajstić information content (AvgIpc) is 3.13. The number of aromatic amines is 1. The van der Waals surface area contributed by atoms with Crippen LogP contribution in [0.25, 0.3) is 22.2 Å². The molecular weight excluding hydrogens is 458 g/mol. The number of rotatable bonds is 5. The standard InChI is InChI=1S/C32H39N3O2/c1-3-22(16-28-25-11-20-10-21(13-25)14-26(28)12-20)32(36)35-8-9-37-31-7-5-23(15-27(31)18-35)24-4-6-29-30(17-24)34-19(2)33-29/h4-7,15,17,20-22,25-26,28H,3,8-14,16,18H2,1-2H3,(H,33,34). The van der Waals surface area contributed by atoms with Gasteiger partial charge in [-0.25, -0.2) is 4.98 Å². The lowest BCUT2D eigenvalue weighted by atomic mass is 9.50. The molecule has 2 aromatic carbocycles. The number of H-pyrrole nitrogens is 1. The van der Waals surface area contributed by atoms with Crippen LogP contribution in [0.5, 0.6) is 5.75 Å². The summed E-state index contributed by atoms with van der Waals surface area (Å²) in [6.45, 7) is 6.06. The number of benzene rings is 2. The fourth-order valence-corrected chi connectivity index (χ4v) is 8.53. The molecule has 4 saturated carbocycles. The van der Waals surface area contributed by atoms with E-state index in [0.717, 1.165) is 81.7 Å². The fraction of sp³-hybridized carbons (Fsp3) is 0.562. The molecule has 1 aliphatic heterocycles. The summed E-state index contributed by atoms with van der Waals surface area (Å²) < 4.78 is 6.12. The summed E-state index contributed by atoms with van der Waals surface area (Å²) in [5, 5.41) is 0. The van der Waals surface area contributed by atoms with E-state index in [4.69, 9.17) is 4.74 Å². The van der Waals surface area contributed by atoms with E-state index in [2.05, 4.69) is 58.2 Å². The maximum Gasteiger partial charge on any atom is 0.226 e. The van der Waals surface area contributed by atoms with Gasteiger partial charge in [-0.05, 0) is 117 Å². The first-order chi connectivity index (χ1) is 18.0. The Bertz CT molecular complexity index is 1300. The molecule has 1 aromatic heterocycles. The molecule has 1 unspecified atom stereocenters. The second kappa shape index (κ2) is 9.18. The third kappa shape index (κ3) is 4.24. The van der Waals surface area contributed by atoms with Crippen molar-refractivity contribution in [2.75, 3.05) is 13.2 Å². The zero-order chi connectivity index (χ0) is 25.1. The SMILES string of the molecule is CCC(CC1C2CC3CC(C2)CC1C3)C(=O)N1CCOc2ccc(-c3ccc4nc(C)[nH]c4c3)cc2C1. The first kappa shape index (κ1) is 23.3. The Morgan fingerprint density at radius 3 is 2.54 bits per heavy atom. The Labute approximate surface area is 220 Å². The van der Waals surface area contributed by atoms with E-state index in [1.807, 2.05) is 6.92 Å². The lowest BCUT2D eigenvalue weighted by Gasteiger charge is -2.55. The highest BCUT2D eigenvalue weighted by molar-refractivity contribution is 5.82. The van der Waals surface area contributed by atoms with E-state index >= 15 is 0 Å². The molecule has 0 radical (unpaired) electrons. The number of nitrogens with one attached hydrogen (secondary N) is 1. The summed E-state index contributed by atoms with van der Waals surface area (Å²) in [6, 6.07) is 12.8. The van der Waals surface area contributed by atoms with E-state index in [-0.39, 0.29) is 5.92 Å². The number of ether oxygens (including phenoxy) is 1. The van der Waals surface area contributed by atoms with Crippen molar-refractivity contribution in [1.82, 2.24) is 14.9 Å². The lowest BCUT2D eigenvalue weighted by Crippen LogP contribution is -2.47. The number of aryl methyl sites for hydroxylation is 1. The molecule has 4 fully saturated rings. The van der Waals surface area contributed by atoms with Gasteiger partial charge >= 0.3 is 0 Å². The molecule has 4 bridgehead atoms. The molecule has 0 spiro atoms. The van der Waals surface area contributed by atoms with Crippen LogP contribution in [-0.2, 0) is 11.3 Å². The van der Waals surface area contributed by atoms with Crippen LogP contribution in [0, 0.1) is 42.4 Å². The van der Waals surface area contributed by atoms with Gasteiger partial charge < -0.3 is 14.6 Å². The highest BCUT2D eigenvalue weighted by Crippen LogP contribution is 2.58. The Morgan fingerprint density at radius 1 is 1.05 bits per heavy atom. The van der Waals surface area contributed by atoms with Gasteiger partial charge in [-0.15, -0.1) is 0 Å². The van der Waals surface area contributed by atoms with Crippen molar-refractivity contribution in [3.05, 3.63) is 47.8 Å². The number of aromatic nitrogens is 2. The third-order valence-corrected chi connectivity index (χ3v) is 10.1. The minimum Gasteiger partial charge on any atom is -0.491 e. The van der Waals surface area contributed by atoms with Crippen LogP contribution in [0.4, 0.5) is 0 Å². The number of hydrogen-bond acceptors (Lipinski definition) is 3. The molecule has 1 amide bonds. The van der Waals surface area contributed by atoms with Crippen molar-refractivity contribution in [2.45, 2.75) is 65.3 Å². The molecule has 3 aromatic rings. The van der Waals surface area contributed by atoms with Crippen LogP contribution in [-0.4, -0.2) is 33.9 Å². The monoisotopic (exact) mass is 497 g/mol. The van der Waals surface area contributed by atoms with Crippen molar-refractivity contribution in [2.24, 2.45) is 35.5 Å². The molecule has 2 heterocycles. The molecule has 5 nitrogen and oxygen atoms in total. The predicted octanol–water partition coefficient (Wildman–Crippen LogP) is 6.75. The Balaban J connectivity index is 1.10. The number of hydrogen-bond donors (Lipinski definition) is 1. The molecule has 4 aliphatic carbocycles. The van der Waals surface area contributed by atoms with Crippen molar-refractivity contribution >= 4 is 16.9 Å². The third-order valence-electron chi connectivity index (χ3n) is 10.1. The minimum atomic E-state index is 0.137. The molecule has 194 valence electrons. The number of carbonyl (C=O) groups excluding carboxylic acids is 1. The summed E-state index contributed by atoms with van der Waals surface area (Å²) in [6.07, 6.45) is 9.24. The normalized spacial score (nSPS) is 29.1. The average molecular weight is 498 g/mol. The molecule has 0 saturated heterocycles. The summed E-state index contributed by atoms with van der Waals surface area (Å²) in [5.41, 5.74) is 5.43. The van der Waals surface area contributed by atoms with Crippen molar-refractivity contribution < 1.29 is 9.53 Å². The van der Waals surface area contributed by atoms with Crippen molar-refractivity contribution in [3.8, 4) is 16.9 Å².